The Labute approximate surface area is 130 Å². The largest absolute Gasteiger partial charge is 0.872 e. The summed E-state index contributed by atoms with van der Waals surface area (Å²) in [6, 6.07) is 5.24. The monoisotopic (exact) mass is 398 g/mol. The van der Waals surface area contributed by atoms with Gasteiger partial charge in [-0.25, -0.2) is 9.98 Å². The number of pyridine rings is 1. The quantitative estimate of drug-likeness (QED) is 0.449. The fourth-order valence-corrected chi connectivity index (χ4v) is 2.47. The van der Waals surface area contributed by atoms with Gasteiger partial charge in [0, 0.05) is 29.0 Å². The third-order valence-corrected chi connectivity index (χ3v) is 3.34. The molecular formula is C12H6Br2N3O3-. The second kappa shape index (κ2) is 6.10. The lowest BCUT2D eigenvalue weighted by Crippen LogP contribution is -1.98. The third-order valence-electron chi connectivity index (χ3n) is 2.32. The molecule has 1 heterocycles. The first kappa shape index (κ1) is 14.6. The summed E-state index contributed by atoms with van der Waals surface area (Å²) in [7, 11) is 0. The highest BCUT2D eigenvalue weighted by atomic mass is 79.9. The van der Waals surface area contributed by atoms with E-state index < -0.39 is 4.92 Å². The highest BCUT2D eigenvalue weighted by Gasteiger charge is 2.06. The molecule has 0 atom stereocenters. The van der Waals surface area contributed by atoms with Crippen molar-refractivity contribution in [2.24, 2.45) is 4.99 Å². The van der Waals surface area contributed by atoms with Gasteiger partial charge >= 0.3 is 0 Å². The van der Waals surface area contributed by atoms with Crippen molar-refractivity contribution in [2.75, 3.05) is 0 Å². The summed E-state index contributed by atoms with van der Waals surface area (Å²) in [5.74, 6) is 0.0340. The zero-order chi connectivity index (χ0) is 14.7. The van der Waals surface area contributed by atoms with Gasteiger partial charge in [0.25, 0.3) is 5.69 Å². The number of nitro groups is 1. The van der Waals surface area contributed by atoms with E-state index in [1.165, 1.54) is 12.3 Å². The first-order chi connectivity index (χ1) is 9.47. The third kappa shape index (κ3) is 3.40. The van der Waals surface area contributed by atoms with Crippen LogP contribution in [-0.4, -0.2) is 16.1 Å². The molecule has 0 N–H and O–H groups in total. The van der Waals surface area contributed by atoms with E-state index in [1.807, 2.05) is 0 Å². The number of hydrogen-bond donors (Lipinski definition) is 0. The molecule has 1 aromatic heterocycles. The average Bonchev–Trinajstić information content (AvgIpc) is 2.39. The van der Waals surface area contributed by atoms with Crippen molar-refractivity contribution in [3.8, 4) is 5.75 Å². The molecule has 0 spiro atoms. The van der Waals surface area contributed by atoms with Crippen LogP contribution in [0, 0.1) is 10.1 Å². The minimum Gasteiger partial charge on any atom is -0.872 e. The Morgan fingerprint density at radius 2 is 2.05 bits per heavy atom. The van der Waals surface area contributed by atoms with Crippen molar-refractivity contribution >= 4 is 49.6 Å². The van der Waals surface area contributed by atoms with E-state index in [0.29, 0.717) is 10.3 Å². The fraction of sp³-hybridized carbons (Fsp3) is 0. The highest BCUT2D eigenvalue weighted by molar-refractivity contribution is 9.11. The summed E-state index contributed by atoms with van der Waals surface area (Å²) in [6.07, 6.45) is 2.82. The molecule has 2 rings (SSSR count). The van der Waals surface area contributed by atoms with E-state index in [9.17, 15) is 15.2 Å². The van der Waals surface area contributed by atoms with Crippen molar-refractivity contribution in [3.05, 3.63) is 55.1 Å². The summed E-state index contributed by atoms with van der Waals surface area (Å²) in [5, 5.41) is 22.3. The molecule has 0 radical (unpaired) electrons. The maximum atomic E-state index is 11.6. The first-order valence-electron chi connectivity index (χ1n) is 5.28. The number of benzene rings is 1. The number of non-ortho nitro benzene ring substituents is 1. The number of nitro benzene ring substituents is 1. The van der Waals surface area contributed by atoms with Crippen LogP contribution in [-0.2, 0) is 0 Å². The molecule has 102 valence electrons. The molecule has 6 nitrogen and oxygen atoms in total. The molecule has 8 heteroatoms. The Balaban J connectivity index is 2.35. The van der Waals surface area contributed by atoms with E-state index in [4.69, 9.17) is 0 Å². The van der Waals surface area contributed by atoms with Gasteiger partial charge in [0.15, 0.2) is 5.82 Å². The van der Waals surface area contributed by atoms with Crippen molar-refractivity contribution < 1.29 is 10.0 Å². The second-order valence-corrected chi connectivity index (χ2v) is 5.47. The van der Waals surface area contributed by atoms with Crippen LogP contribution in [0.25, 0.3) is 0 Å². The number of aromatic nitrogens is 1. The molecule has 0 saturated carbocycles. The highest BCUT2D eigenvalue weighted by Crippen LogP contribution is 2.26. The zero-order valence-electron chi connectivity index (χ0n) is 9.79. The van der Waals surface area contributed by atoms with Crippen molar-refractivity contribution in [1.29, 1.82) is 0 Å². The molecule has 0 aliphatic heterocycles. The Hall–Kier alpha value is -1.80. The lowest BCUT2D eigenvalue weighted by atomic mass is 10.2. The molecule has 0 amide bonds. The molecule has 0 bridgehead atoms. The van der Waals surface area contributed by atoms with Crippen molar-refractivity contribution in [3.63, 3.8) is 0 Å². The molecule has 0 fully saturated rings. The summed E-state index contributed by atoms with van der Waals surface area (Å²) in [4.78, 5) is 18.2. The Morgan fingerprint density at radius 1 is 1.30 bits per heavy atom. The van der Waals surface area contributed by atoms with E-state index in [2.05, 4.69) is 41.8 Å². The van der Waals surface area contributed by atoms with Gasteiger partial charge in [-0.05, 0) is 43.5 Å². The lowest BCUT2D eigenvalue weighted by Gasteiger charge is -2.08. The smallest absolute Gasteiger partial charge is 0.270 e. The maximum absolute atomic E-state index is 11.6. The Morgan fingerprint density at radius 3 is 2.70 bits per heavy atom. The normalized spacial score (nSPS) is 10.9. The molecular weight excluding hydrogens is 394 g/mol. The van der Waals surface area contributed by atoms with Crippen molar-refractivity contribution in [2.45, 2.75) is 0 Å². The van der Waals surface area contributed by atoms with Gasteiger partial charge in [0.2, 0.25) is 0 Å². The van der Waals surface area contributed by atoms with Gasteiger partial charge in [-0.1, -0.05) is 11.8 Å². The Bertz CT molecular complexity index is 704. The first-order valence-corrected chi connectivity index (χ1v) is 6.86. The molecule has 2 aromatic rings. The molecule has 20 heavy (non-hydrogen) atoms. The number of aliphatic imine (C=N–C) groups is 1. The summed E-state index contributed by atoms with van der Waals surface area (Å²) in [5.41, 5.74) is -0.0234. The number of nitrogens with zero attached hydrogens (tertiary/aromatic N) is 3. The van der Waals surface area contributed by atoms with E-state index in [1.54, 1.807) is 12.3 Å². The number of hydrogen-bond acceptors (Lipinski definition) is 5. The van der Waals surface area contributed by atoms with E-state index >= 15 is 0 Å². The predicted molar refractivity (Wildman–Crippen MR) is 79.4 cm³/mol. The van der Waals surface area contributed by atoms with Crippen LogP contribution in [0.1, 0.15) is 5.56 Å². The van der Waals surface area contributed by atoms with Crippen molar-refractivity contribution in [1.82, 2.24) is 4.98 Å². The van der Waals surface area contributed by atoms with Crippen LogP contribution in [0.4, 0.5) is 11.5 Å². The molecule has 0 aliphatic rings. The summed E-state index contributed by atoms with van der Waals surface area (Å²) < 4.78 is 1.42. The predicted octanol–water partition coefficient (Wildman–Crippen LogP) is 3.34. The van der Waals surface area contributed by atoms with E-state index in [-0.39, 0.29) is 17.0 Å². The average molecular weight is 400 g/mol. The van der Waals surface area contributed by atoms with Gasteiger partial charge in [-0.3, -0.25) is 10.1 Å². The van der Waals surface area contributed by atoms with Crippen LogP contribution in [0.5, 0.6) is 5.75 Å². The van der Waals surface area contributed by atoms with Gasteiger partial charge < -0.3 is 5.11 Å². The van der Waals surface area contributed by atoms with Crippen LogP contribution in [0.15, 0.2) is 44.4 Å². The second-order valence-electron chi connectivity index (χ2n) is 3.70. The summed E-state index contributed by atoms with van der Waals surface area (Å²) >= 11 is 6.54. The fourth-order valence-electron chi connectivity index (χ4n) is 1.38. The van der Waals surface area contributed by atoms with Gasteiger partial charge in [-0.2, -0.15) is 0 Å². The zero-order valence-corrected chi connectivity index (χ0v) is 13.0. The number of rotatable bonds is 3. The van der Waals surface area contributed by atoms with Crippen LogP contribution >= 0.6 is 31.9 Å². The van der Waals surface area contributed by atoms with Gasteiger partial charge in [-0.15, -0.1) is 0 Å². The molecule has 0 unspecified atom stereocenters. The van der Waals surface area contributed by atoms with E-state index in [0.717, 1.165) is 16.6 Å². The molecule has 0 aliphatic carbocycles. The minimum absolute atomic E-state index is 0.135. The lowest BCUT2D eigenvalue weighted by molar-refractivity contribution is -0.385. The SMILES string of the molecule is O=[N+]([O-])c1ccc([O-])c(C=Nc2ncc(Br)cc2Br)c1. The Kier molecular flexibility index (Phi) is 4.46. The van der Waals surface area contributed by atoms with Crippen LogP contribution in [0.2, 0.25) is 0 Å². The van der Waals surface area contributed by atoms with Crippen LogP contribution < -0.4 is 5.11 Å². The van der Waals surface area contributed by atoms with Gasteiger partial charge in [0.05, 0.1) is 9.40 Å². The standard InChI is InChI=1S/C12H7Br2N3O3/c13-8-4-10(14)12(16-6-8)15-5-7-3-9(17(19)20)1-2-11(7)18/h1-6,18H/p-1. The summed E-state index contributed by atoms with van der Waals surface area (Å²) in [6.45, 7) is 0. The maximum Gasteiger partial charge on any atom is 0.270 e. The van der Waals surface area contributed by atoms with Crippen LogP contribution in [0.3, 0.4) is 0 Å². The van der Waals surface area contributed by atoms with Gasteiger partial charge in [0.1, 0.15) is 0 Å². The molecule has 1 aromatic carbocycles. The molecule has 0 saturated heterocycles. The number of halogens is 2. The topological polar surface area (TPSA) is 91.5 Å². The minimum atomic E-state index is -0.565.